The normalized spacial score (nSPS) is 20.1. The molecule has 0 heterocycles. The van der Waals surface area contributed by atoms with Crippen LogP contribution in [0.25, 0.3) is 0 Å². The van der Waals surface area contributed by atoms with Gasteiger partial charge in [0, 0.05) is 0 Å². The van der Waals surface area contributed by atoms with E-state index in [1.807, 2.05) is 0 Å². The minimum absolute atomic E-state index is 0. The van der Waals surface area contributed by atoms with Gasteiger partial charge in [0.25, 0.3) is 0 Å². The molecule has 0 aromatic heterocycles. The third-order valence-corrected chi connectivity index (χ3v) is 55.3. The number of hydrogen-bond donors (Lipinski definition) is 0. The first kappa shape index (κ1) is 25.3. The molecule has 3 rings (SSSR count). The van der Waals surface area contributed by atoms with Crippen LogP contribution in [-0.4, -0.2) is 0 Å². The van der Waals surface area contributed by atoms with Crippen molar-refractivity contribution in [1.29, 1.82) is 0 Å². The Morgan fingerprint density at radius 1 is 0.667 bits per heavy atom. The van der Waals surface area contributed by atoms with Crippen LogP contribution in [-0.2, 0) is 13.2 Å². The Bertz CT molecular complexity index is 874. The van der Waals surface area contributed by atoms with Crippen LogP contribution < -0.4 is 10.6 Å². The fourth-order valence-electron chi connectivity index (χ4n) is 4.53. The molecule has 2 aromatic rings. The number of rotatable bonds is 5. The molecule has 1 aliphatic rings. The first-order chi connectivity index (χ1) is 11.2. The second-order valence-electron chi connectivity index (χ2n) is 13.4. The van der Waals surface area contributed by atoms with E-state index in [2.05, 4.69) is 102 Å². The summed E-state index contributed by atoms with van der Waals surface area (Å²) in [5, 5.41) is 2.98. The molecule has 0 bridgehead atoms. The van der Waals surface area contributed by atoms with Crippen molar-refractivity contribution in [3.05, 3.63) is 82.2 Å². The quantitative estimate of drug-likeness (QED) is 0.349. The molecule has 2 aromatic carbocycles. The Morgan fingerprint density at radius 2 is 1.07 bits per heavy atom. The fourth-order valence-corrected chi connectivity index (χ4v) is 54.3. The van der Waals surface area contributed by atoms with Crippen molar-refractivity contribution in [2.75, 3.05) is 0 Å². The Hall–Kier alpha value is 0.243. The Labute approximate surface area is 170 Å². The third-order valence-electron chi connectivity index (χ3n) is 6.03. The van der Waals surface area contributed by atoms with E-state index in [0.717, 1.165) is 18.2 Å². The maximum absolute atomic E-state index is 4.72. The zero-order valence-corrected chi connectivity index (χ0v) is 23.1. The average Bonchev–Trinajstić information content (AvgIpc) is 3.03. The predicted molar refractivity (Wildman–Crippen MR) is 134 cm³/mol. The van der Waals surface area contributed by atoms with E-state index in [1.165, 1.54) is 10.6 Å². The topological polar surface area (TPSA) is 0 Å². The van der Waals surface area contributed by atoms with Gasteiger partial charge in [0.2, 0.25) is 0 Å². The van der Waals surface area contributed by atoms with Gasteiger partial charge in [-0.25, -0.2) is 0 Å². The Kier molecular flexibility index (Phi) is 5.52. The van der Waals surface area contributed by atoms with E-state index in [4.69, 9.17) is 0 Å². The van der Waals surface area contributed by atoms with Crippen LogP contribution in [0.2, 0.25) is 23.2 Å². The molecular weight excluding hydrogens is 488 g/mol. The van der Waals surface area contributed by atoms with E-state index in [-0.39, 0.29) is 24.8 Å². The SMILES string of the molecule is Cl.Cl.[CH3][Zr]([CH3])([CH3])([CH3])([CH3])([PH]c1ccccc1)([PH]c1ccccc1)[C]1=CC=CC1. The molecule has 0 N–H and O–H groups in total. The van der Waals surface area contributed by atoms with Gasteiger partial charge in [0.15, 0.2) is 0 Å². The predicted octanol–water partition coefficient (Wildman–Crippen LogP) is 8.05. The van der Waals surface area contributed by atoms with Crippen molar-refractivity contribution in [2.45, 2.75) is 29.6 Å². The first-order valence-electron chi connectivity index (χ1n) is 9.29. The standard InChI is InChI=1S/2C6H6P.C5H5.5CH3.2ClH.Zr/c2*7-6-4-2-1-3-5-6;1-2-4-5-3-1;;;;;;;;/h2*1-5,7H;1-3H,4H2;5*1H3;2*1H;/q2*-1;;;;;;;;;+2. The summed E-state index contributed by atoms with van der Waals surface area (Å²) in [5.41, 5.74) is 0. The van der Waals surface area contributed by atoms with Gasteiger partial charge >= 0.3 is 147 Å². The summed E-state index contributed by atoms with van der Waals surface area (Å²) in [6, 6.07) is 22.3. The van der Waals surface area contributed by atoms with Crippen molar-refractivity contribution >= 4 is 47.2 Å². The van der Waals surface area contributed by atoms with Gasteiger partial charge in [-0.15, -0.1) is 24.8 Å². The average molecular weight is 523 g/mol. The molecule has 0 nitrogen and oxygen atoms in total. The van der Waals surface area contributed by atoms with Crippen LogP contribution in [0.5, 0.6) is 0 Å². The van der Waals surface area contributed by atoms with Crippen LogP contribution >= 0.6 is 36.6 Å². The molecule has 150 valence electrons. The second-order valence-corrected chi connectivity index (χ2v) is 104. The first-order valence-corrected chi connectivity index (χ1v) is 32.2. The van der Waals surface area contributed by atoms with Gasteiger partial charge in [-0.1, -0.05) is 0 Å². The van der Waals surface area contributed by atoms with Crippen molar-refractivity contribution in [2.24, 2.45) is 0 Å². The zero-order valence-electron chi connectivity index (χ0n) is 17.0. The summed E-state index contributed by atoms with van der Waals surface area (Å²) in [6.07, 6.45) is 8.15. The van der Waals surface area contributed by atoms with Crippen molar-refractivity contribution in [3.8, 4) is 0 Å². The number of halogens is 2. The van der Waals surface area contributed by atoms with Crippen LogP contribution in [0.15, 0.2) is 82.2 Å². The Balaban J connectivity index is 0.00000182. The molecule has 0 radical (unpaired) electrons. The van der Waals surface area contributed by atoms with Crippen LogP contribution in [0.1, 0.15) is 6.42 Å². The van der Waals surface area contributed by atoms with Gasteiger partial charge in [-0.2, -0.15) is 0 Å². The molecule has 27 heavy (non-hydrogen) atoms. The molecule has 0 spiro atoms. The number of hydrogen-bond acceptors (Lipinski definition) is 0. The monoisotopic (exact) mass is 520 g/mol. The van der Waals surface area contributed by atoms with Crippen LogP contribution in [0, 0.1) is 0 Å². The summed E-state index contributed by atoms with van der Waals surface area (Å²) in [5.74, 6) is 1.60. The summed E-state index contributed by atoms with van der Waals surface area (Å²) in [4.78, 5) is 0. The second kappa shape index (κ2) is 5.90. The summed E-state index contributed by atoms with van der Waals surface area (Å²) < 4.78 is 15.2. The molecule has 5 heteroatoms. The molecule has 0 amide bonds. The van der Waals surface area contributed by atoms with E-state index in [0.29, 0.717) is 0 Å². The molecule has 0 fully saturated rings. The molecular formula is C22H34Cl2P2Zr. The summed E-state index contributed by atoms with van der Waals surface area (Å²) >= 11 is -4.72. The van der Waals surface area contributed by atoms with E-state index >= 15 is 0 Å². The zero-order chi connectivity index (χ0) is 18.4. The minimum atomic E-state index is -4.72. The van der Waals surface area contributed by atoms with E-state index < -0.39 is 13.2 Å². The molecule has 0 saturated carbocycles. The van der Waals surface area contributed by atoms with Gasteiger partial charge in [0.05, 0.1) is 0 Å². The maximum atomic E-state index is 2.69. The molecule has 2 unspecified atom stereocenters. The number of benzene rings is 2. The fraction of sp³-hybridized carbons (Fsp3) is 0.273. The van der Waals surface area contributed by atoms with Crippen molar-refractivity contribution < 1.29 is 13.2 Å². The Morgan fingerprint density at radius 3 is 1.41 bits per heavy atom. The van der Waals surface area contributed by atoms with Crippen molar-refractivity contribution in [1.82, 2.24) is 0 Å². The molecule has 0 aliphatic heterocycles. The van der Waals surface area contributed by atoms with Gasteiger partial charge in [0.1, 0.15) is 0 Å². The molecule has 0 saturated heterocycles. The van der Waals surface area contributed by atoms with Gasteiger partial charge in [-0.05, 0) is 0 Å². The van der Waals surface area contributed by atoms with E-state index in [9.17, 15) is 0 Å². The molecule has 1 aliphatic carbocycles. The van der Waals surface area contributed by atoms with Crippen molar-refractivity contribution in [3.63, 3.8) is 0 Å². The van der Waals surface area contributed by atoms with Crippen LogP contribution in [0.3, 0.4) is 0 Å². The van der Waals surface area contributed by atoms with Gasteiger partial charge < -0.3 is 0 Å². The number of allylic oxidation sites excluding steroid dienone is 4. The summed E-state index contributed by atoms with van der Waals surface area (Å²) in [6.45, 7) is 0. The van der Waals surface area contributed by atoms with Crippen LogP contribution in [0.4, 0.5) is 0 Å². The van der Waals surface area contributed by atoms with Gasteiger partial charge in [-0.3, -0.25) is 0 Å². The van der Waals surface area contributed by atoms with E-state index in [1.54, 1.807) is 3.28 Å². The third kappa shape index (κ3) is 5.05. The molecule has 2 atom stereocenters. The summed E-state index contributed by atoms with van der Waals surface area (Å²) in [7, 11) is 0.